The fraction of sp³-hybridized carbons (Fsp3) is 0.933. The highest BCUT2D eigenvalue weighted by atomic mass is 16.2. The second kappa shape index (κ2) is 6.71. The lowest BCUT2D eigenvalue weighted by Crippen LogP contribution is -2.38. The molecule has 2 saturated heterocycles. The van der Waals surface area contributed by atoms with Gasteiger partial charge in [-0.1, -0.05) is 20.8 Å². The average Bonchev–Trinajstić information content (AvgIpc) is 2.98. The smallest absolute Gasteiger partial charge is 0.241 e. The minimum atomic E-state index is 0.0248. The summed E-state index contributed by atoms with van der Waals surface area (Å²) in [6.07, 6.45) is 5.04. The molecule has 2 atom stereocenters. The maximum absolute atomic E-state index is 12.4. The molecule has 2 aliphatic rings. The Balaban J connectivity index is 1.81. The van der Waals surface area contributed by atoms with E-state index in [-0.39, 0.29) is 12.2 Å². The molecule has 2 unspecified atom stereocenters. The third kappa shape index (κ3) is 3.48. The summed E-state index contributed by atoms with van der Waals surface area (Å²) in [6, 6.07) is 0.0248. The van der Waals surface area contributed by atoms with Crippen LogP contribution in [0.3, 0.4) is 0 Å². The van der Waals surface area contributed by atoms with Crippen molar-refractivity contribution in [3.05, 3.63) is 0 Å². The van der Waals surface area contributed by atoms with Gasteiger partial charge in [-0.3, -0.25) is 10.1 Å². The Morgan fingerprint density at radius 2 is 1.95 bits per heavy atom. The molecule has 4 nitrogen and oxygen atoms in total. The molecule has 0 aliphatic carbocycles. The van der Waals surface area contributed by atoms with Crippen LogP contribution in [0.5, 0.6) is 0 Å². The molecule has 0 spiro atoms. The van der Waals surface area contributed by atoms with Gasteiger partial charge in [0.1, 0.15) is 0 Å². The molecule has 1 N–H and O–H groups in total. The Morgan fingerprint density at radius 3 is 2.53 bits per heavy atom. The molecule has 2 heterocycles. The summed E-state index contributed by atoms with van der Waals surface area (Å²) in [7, 11) is 0. The third-order valence-electron chi connectivity index (χ3n) is 4.42. The van der Waals surface area contributed by atoms with E-state index < -0.39 is 0 Å². The van der Waals surface area contributed by atoms with Gasteiger partial charge in [-0.2, -0.15) is 0 Å². The van der Waals surface area contributed by atoms with E-state index in [0.29, 0.717) is 11.8 Å². The first-order valence-corrected chi connectivity index (χ1v) is 7.92. The molecule has 110 valence electrons. The van der Waals surface area contributed by atoms with Crippen molar-refractivity contribution in [2.45, 2.75) is 58.7 Å². The lowest BCUT2D eigenvalue weighted by molar-refractivity contribution is -0.130. The second-order valence-electron chi connectivity index (χ2n) is 6.25. The zero-order valence-corrected chi connectivity index (χ0v) is 12.7. The maximum atomic E-state index is 12.4. The number of amides is 1. The van der Waals surface area contributed by atoms with Crippen LogP contribution in [0.2, 0.25) is 0 Å². The molecule has 19 heavy (non-hydrogen) atoms. The van der Waals surface area contributed by atoms with Gasteiger partial charge in [-0.15, -0.1) is 0 Å². The van der Waals surface area contributed by atoms with Gasteiger partial charge < -0.3 is 9.80 Å². The van der Waals surface area contributed by atoms with E-state index in [0.717, 1.165) is 25.9 Å². The zero-order chi connectivity index (χ0) is 13.8. The number of nitrogens with zero attached hydrogens (tertiary/aromatic N) is 2. The summed E-state index contributed by atoms with van der Waals surface area (Å²) in [5.41, 5.74) is 0. The van der Waals surface area contributed by atoms with Crippen LogP contribution in [0.25, 0.3) is 0 Å². The quantitative estimate of drug-likeness (QED) is 0.795. The lowest BCUT2D eigenvalue weighted by atomic mass is 10.1. The second-order valence-corrected chi connectivity index (χ2v) is 6.25. The van der Waals surface area contributed by atoms with Gasteiger partial charge >= 0.3 is 0 Å². The molecule has 4 heteroatoms. The van der Waals surface area contributed by atoms with Crippen molar-refractivity contribution < 1.29 is 4.79 Å². The number of carbonyl (C=O) groups excluding carboxylic acids is 1. The number of hydrogen-bond donors (Lipinski definition) is 1. The molecular formula is C15H29N3O. The van der Waals surface area contributed by atoms with Crippen molar-refractivity contribution in [2.24, 2.45) is 5.92 Å². The fourth-order valence-electron chi connectivity index (χ4n) is 3.25. The van der Waals surface area contributed by atoms with Gasteiger partial charge in [0, 0.05) is 6.54 Å². The molecule has 0 aromatic heterocycles. The molecule has 2 rings (SSSR count). The van der Waals surface area contributed by atoms with E-state index in [1.807, 2.05) is 0 Å². The molecule has 0 radical (unpaired) electrons. The predicted molar refractivity (Wildman–Crippen MR) is 77.8 cm³/mol. The third-order valence-corrected chi connectivity index (χ3v) is 4.42. The average molecular weight is 267 g/mol. The van der Waals surface area contributed by atoms with Crippen LogP contribution in [0.4, 0.5) is 0 Å². The van der Waals surface area contributed by atoms with Crippen molar-refractivity contribution >= 4 is 5.91 Å². The topological polar surface area (TPSA) is 35.6 Å². The fourth-order valence-corrected chi connectivity index (χ4v) is 3.25. The number of nitrogens with one attached hydrogen (secondary N) is 1. The van der Waals surface area contributed by atoms with E-state index >= 15 is 0 Å². The van der Waals surface area contributed by atoms with Gasteiger partial charge in [0.25, 0.3) is 0 Å². The summed E-state index contributed by atoms with van der Waals surface area (Å²) >= 11 is 0. The van der Waals surface area contributed by atoms with E-state index in [1.165, 1.54) is 25.9 Å². The van der Waals surface area contributed by atoms with Crippen molar-refractivity contribution in [2.75, 3.05) is 26.2 Å². The summed E-state index contributed by atoms with van der Waals surface area (Å²) < 4.78 is 0. The number of rotatable bonds is 6. The van der Waals surface area contributed by atoms with E-state index in [9.17, 15) is 4.79 Å². The summed E-state index contributed by atoms with van der Waals surface area (Å²) in [6.45, 7) is 10.9. The molecule has 2 fully saturated rings. The van der Waals surface area contributed by atoms with Crippen molar-refractivity contribution in [1.82, 2.24) is 15.1 Å². The minimum absolute atomic E-state index is 0.0248. The minimum Gasteiger partial charge on any atom is -0.326 e. The first kappa shape index (κ1) is 14.8. The standard InChI is InChI=1S/C15H29N3O/c1-4-13-16-14(12(2)3)15(19)18(13)11-7-10-17-8-5-6-9-17/h12-14,16H,4-11H2,1-3H3. The van der Waals surface area contributed by atoms with E-state index in [1.54, 1.807) is 0 Å². The van der Waals surface area contributed by atoms with Gasteiger partial charge in [-0.05, 0) is 51.2 Å². The molecular weight excluding hydrogens is 238 g/mol. The molecule has 0 aromatic rings. The Bertz CT molecular complexity index is 300. The van der Waals surface area contributed by atoms with Gasteiger partial charge in [0.05, 0.1) is 12.2 Å². The summed E-state index contributed by atoms with van der Waals surface area (Å²) in [5, 5.41) is 3.48. The predicted octanol–water partition coefficient (Wildman–Crippen LogP) is 1.66. The van der Waals surface area contributed by atoms with Gasteiger partial charge in [-0.25, -0.2) is 0 Å². The normalized spacial score (nSPS) is 28.8. The van der Waals surface area contributed by atoms with E-state index in [2.05, 4.69) is 35.9 Å². The summed E-state index contributed by atoms with van der Waals surface area (Å²) in [4.78, 5) is 17.0. The molecule has 0 aromatic carbocycles. The zero-order valence-electron chi connectivity index (χ0n) is 12.7. The molecule has 1 amide bonds. The monoisotopic (exact) mass is 267 g/mol. The Morgan fingerprint density at radius 1 is 1.26 bits per heavy atom. The highest BCUT2D eigenvalue weighted by Gasteiger charge is 2.38. The van der Waals surface area contributed by atoms with Crippen LogP contribution in [-0.4, -0.2) is 54.1 Å². The van der Waals surface area contributed by atoms with Crippen molar-refractivity contribution in [3.63, 3.8) is 0 Å². The number of hydrogen-bond acceptors (Lipinski definition) is 3. The SMILES string of the molecule is CCC1NC(C(C)C)C(=O)N1CCCN1CCCC1. The van der Waals surface area contributed by atoms with Crippen molar-refractivity contribution in [1.29, 1.82) is 0 Å². The number of carbonyl (C=O) groups is 1. The van der Waals surface area contributed by atoms with Crippen LogP contribution < -0.4 is 5.32 Å². The Kier molecular flexibility index (Phi) is 5.22. The maximum Gasteiger partial charge on any atom is 0.241 e. The van der Waals surface area contributed by atoms with Crippen molar-refractivity contribution in [3.8, 4) is 0 Å². The highest BCUT2D eigenvalue weighted by Crippen LogP contribution is 2.19. The Hall–Kier alpha value is -0.610. The van der Waals surface area contributed by atoms with E-state index in [4.69, 9.17) is 0 Å². The van der Waals surface area contributed by atoms with Crippen LogP contribution in [-0.2, 0) is 4.79 Å². The first-order chi connectivity index (χ1) is 9.13. The van der Waals surface area contributed by atoms with Gasteiger partial charge in [0.15, 0.2) is 0 Å². The van der Waals surface area contributed by atoms with Crippen LogP contribution in [0, 0.1) is 5.92 Å². The lowest BCUT2D eigenvalue weighted by Gasteiger charge is -2.24. The van der Waals surface area contributed by atoms with Gasteiger partial charge in [0.2, 0.25) is 5.91 Å². The van der Waals surface area contributed by atoms with Crippen LogP contribution >= 0.6 is 0 Å². The number of likely N-dealkylation sites (tertiary alicyclic amines) is 1. The molecule has 2 aliphatic heterocycles. The first-order valence-electron chi connectivity index (χ1n) is 7.92. The summed E-state index contributed by atoms with van der Waals surface area (Å²) in [5.74, 6) is 0.688. The largest absolute Gasteiger partial charge is 0.326 e. The Labute approximate surface area is 117 Å². The highest BCUT2D eigenvalue weighted by molar-refractivity contribution is 5.84. The molecule has 0 bridgehead atoms. The molecule has 0 saturated carbocycles. The van der Waals surface area contributed by atoms with Crippen LogP contribution in [0.1, 0.15) is 46.5 Å². The van der Waals surface area contributed by atoms with Crippen LogP contribution in [0.15, 0.2) is 0 Å².